The summed E-state index contributed by atoms with van der Waals surface area (Å²) in [5.41, 5.74) is 2.91. The molecule has 3 aromatic rings. The van der Waals surface area contributed by atoms with Gasteiger partial charge in [0.05, 0.1) is 29.3 Å². The average Bonchev–Trinajstić information content (AvgIpc) is 3.39. The van der Waals surface area contributed by atoms with Crippen molar-refractivity contribution in [2.75, 3.05) is 36.5 Å². The second-order valence-electron chi connectivity index (χ2n) is 7.87. The Morgan fingerprint density at radius 3 is 2.68 bits per heavy atom. The van der Waals surface area contributed by atoms with Gasteiger partial charge < -0.3 is 15.1 Å². The van der Waals surface area contributed by atoms with Crippen molar-refractivity contribution in [3.05, 3.63) is 64.1 Å². The molecule has 5 nitrogen and oxygen atoms in total. The van der Waals surface area contributed by atoms with Crippen LogP contribution in [0, 0.1) is 0 Å². The molecule has 1 amide bonds. The van der Waals surface area contributed by atoms with Crippen molar-refractivity contribution < 1.29 is 9.18 Å². The fraction of sp³-hybridized carbons (Fsp3) is 0.304. The first-order chi connectivity index (χ1) is 15.0. The number of fused-ring (bicyclic) bond motifs is 1. The average molecular weight is 457 g/mol. The predicted octanol–water partition coefficient (Wildman–Crippen LogP) is 4.41. The van der Waals surface area contributed by atoms with Gasteiger partial charge in [-0.2, -0.15) is 0 Å². The fourth-order valence-electron chi connectivity index (χ4n) is 4.20. The van der Waals surface area contributed by atoms with Crippen LogP contribution < -0.4 is 15.1 Å². The Morgan fingerprint density at radius 1 is 1.19 bits per heavy atom. The summed E-state index contributed by atoms with van der Waals surface area (Å²) in [6, 6.07) is 13.4. The number of hydrogen-bond donors (Lipinski definition) is 1. The van der Waals surface area contributed by atoms with Crippen LogP contribution in [0.5, 0.6) is 0 Å². The molecular formula is C23H22ClFN4OS. The van der Waals surface area contributed by atoms with Crippen molar-refractivity contribution in [2.24, 2.45) is 0 Å². The number of benzene rings is 1. The third-order valence-corrected chi connectivity index (χ3v) is 7.44. The molecule has 1 saturated heterocycles. The second-order valence-corrected chi connectivity index (χ2v) is 9.36. The minimum absolute atomic E-state index is 0.00116. The van der Waals surface area contributed by atoms with Gasteiger partial charge in [-0.05, 0) is 54.9 Å². The van der Waals surface area contributed by atoms with E-state index in [1.54, 1.807) is 18.1 Å². The van der Waals surface area contributed by atoms with E-state index in [1.807, 2.05) is 41.3 Å². The Kier molecular flexibility index (Phi) is 5.42. The van der Waals surface area contributed by atoms with E-state index in [4.69, 9.17) is 11.6 Å². The van der Waals surface area contributed by atoms with Crippen molar-refractivity contribution in [1.29, 1.82) is 0 Å². The smallest absolute Gasteiger partial charge is 0.268 e. The van der Waals surface area contributed by atoms with E-state index in [0.717, 1.165) is 38.8 Å². The summed E-state index contributed by atoms with van der Waals surface area (Å²) >= 11 is 7.51. The van der Waals surface area contributed by atoms with E-state index in [-0.39, 0.29) is 11.9 Å². The highest BCUT2D eigenvalue weighted by molar-refractivity contribution is 7.17. The highest BCUT2D eigenvalue weighted by Crippen LogP contribution is 2.36. The number of aromatic nitrogens is 1. The van der Waals surface area contributed by atoms with E-state index < -0.39 is 6.17 Å². The van der Waals surface area contributed by atoms with Crippen LogP contribution in [0.15, 0.2) is 48.7 Å². The Balaban J connectivity index is 1.35. The molecule has 2 aromatic heterocycles. The Labute approximate surface area is 189 Å². The summed E-state index contributed by atoms with van der Waals surface area (Å²) in [5, 5.41) is 3.70. The summed E-state index contributed by atoms with van der Waals surface area (Å²) in [5.74, 6) is 0.733. The molecule has 2 aliphatic heterocycles. The van der Waals surface area contributed by atoms with Crippen molar-refractivity contribution in [3.8, 4) is 10.4 Å². The molecule has 0 radical (unpaired) electrons. The minimum atomic E-state index is -0.915. The quantitative estimate of drug-likeness (QED) is 0.631. The zero-order valence-electron chi connectivity index (χ0n) is 17.0. The molecule has 8 heteroatoms. The minimum Gasteiger partial charge on any atom is -0.352 e. The topological polar surface area (TPSA) is 48.5 Å². The van der Waals surface area contributed by atoms with Crippen LogP contribution in [0.25, 0.3) is 10.4 Å². The van der Waals surface area contributed by atoms with E-state index in [2.05, 4.69) is 16.4 Å². The molecule has 2 unspecified atom stereocenters. The van der Waals surface area contributed by atoms with Crippen LogP contribution in [0.4, 0.5) is 15.9 Å². The van der Waals surface area contributed by atoms with Gasteiger partial charge >= 0.3 is 0 Å². The van der Waals surface area contributed by atoms with Crippen molar-refractivity contribution in [3.63, 3.8) is 0 Å². The predicted molar refractivity (Wildman–Crippen MR) is 124 cm³/mol. The molecule has 1 N–H and O–H groups in total. The van der Waals surface area contributed by atoms with E-state index >= 15 is 0 Å². The summed E-state index contributed by atoms with van der Waals surface area (Å²) in [7, 11) is 1.77. The number of nitrogens with zero attached hydrogens (tertiary/aromatic N) is 3. The number of likely N-dealkylation sites (N-methyl/N-ethyl adjacent to an activating group) is 1. The van der Waals surface area contributed by atoms with Gasteiger partial charge in [0.15, 0.2) is 0 Å². The van der Waals surface area contributed by atoms with Crippen LogP contribution in [-0.4, -0.2) is 49.8 Å². The first-order valence-electron chi connectivity index (χ1n) is 10.3. The lowest BCUT2D eigenvalue weighted by Crippen LogP contribution is -2.36. The molecule has 2 aliphatic rings. The molecule has 2 atom stereocenters. The third kappa shape index (κ3) is 3.82. The van der Waals surface area contributed by atoms with E-state index in [0.29, 0.717) is 24.7 Å². The van der Waals surface area contributed by atoms with Gasteiger partial charge in [0, 0.05) is 23.0 Å². The molecular weight excluding hydrogens is 435 g/mol. The highest BCUT2D eigenvalue weighted by Gasteiger charge is 2.33. The number of carbonyl (C=O) groups excluding carboxylic acids is 1. The largest absolute Gasteiger partial charge is 0.352 e. The van der Waals surface area contributed by atoms with Crippen LogP contribution >= 0.6 is 22.9 Å². The molecule has 160 valence electrons. The Morgan fingerprint density at radius 2 is 2.00 bits per heavy atom. The van der Waals surface area contributed by atoms with Gasteiger partial charge in [0.25, 0.3) is 5.91 Å². The summed E-state index contributed by atoms with van der Waals surface area (Å²) in [6.07, 6.45) is 1.60. The van der Waals surface area contributed by atoms with Crippen LogP contribution in [0.1, 0.15) is 15.2 Å². The number of anilines is 2. The van der Waals surface area contributed by atoms with Gasteiger partial charge in [-0.3, -0.25) is 4.79 Å². The standard InChI is InChI=1S/C23H22ClFN4OS/c1-26-19-13-28(12-18(19)25)21-7-6-17(11-27-21)29-9-8-15-10-20(31-22(15)23(29)30)14-2-4-16(24)5-3-14/h2-7,10-11,18-19,26H,8-9,12-13H2,1H3. The van der Waals surface area contributed by atoms with Gasteiger partial charge in [-0.15, -0.1) is 11.3 Å². The number of halogens is 2. The number of hydrogen-bond acceptors (Lipinski definition) is 5. The molecule has 31 heavy (non-hydrogen) atoms. The maximum absolute atomic E-state index is 14.0. The number of rotatable bonds is 4. The SMILES string of the molecule is CNC1CN(c2ccc(N3CCc4cc(-c5ccc(Cl)cc5)sc4C3=O)cn2)CC1F. The van der Waals surface area contributed by atoms with Gasteiger partial charge in [0.2, 0.25) is 0 Å². The third-order valence-electron chi connectivity index (χ3n) is 5.97. The van der Waals surface area contributed by atoms with Gasteiger partial charge in [0.1, 0.15) is 12.0 Å². The highest BCUT2D eigenvalue weighted by atomic mass is 35.5. The van der Waals surface area contributed by atoms with Crippen molar-refractivity contribution >= 4 is 40.4 Å². The Hall–Kier alpha value is -2.48. The van der Waals surface area contributed by atoms with Gasteiger partial charge in [-0.25, -0.2) is 9.37 Å². The molecule has 0 saturated carbocycles. The number of amides is 1. The van der Waals surface area contributed by atoms with Crippen LogP contribution in [-0.2, 0) is 6.42 Å². The first kappa shape index (κ1) is 20.4. The molecule has 1 aromatic carbocycles. The number of carbonyl (C=O) groups is 1. The fourth-order valence-corrected chi connectivity index (χ4v) is 5.49. The van der Waals surface area contributed by atoms with Crippen molar-refractivity contribution in [1.82, 2.24) is 10.3 Å². The van der Waals surface area contributed by atoms with E-state index in [1.165, 1.54) is 11.3 Å². The summed E-state index contributed by atoms with van der Waals surface area (Å²) in [6.45, 7) is 1.52. The molecule has 0 spiro atoms. The zero-order valence-corrected chi connectivity index (χ0v) is 18.6. The normalized spacial score (nSPS) is 20.9. The number of alkyl halides is 1. The molecule has 5 rings (SSSR count). The summed E-state index contributed by atoms with van der Waals surface area (Å²) < 4.78 is 14.0. The van der Waals surface area contributed by atoms with Gasteiger partial charge in [-0.1, -0.05) is 23.7 Å². The lowest BCUT2D eigenvalue weighted by atomic mass is 10.1. The lowest BCUT2D eigenvalue weighted by molar-refractivity contribution is 0.0985. The second kappa shape index (κ2) is 8.22. The van der Waals surface area contributed by atoms with Crippen molar-refractivity contribution in [2.45, 2.75) is 18.6 Å². The Bertz CT molecular complexity index is 1100. The molecule has 0 aliphatic carbocycles. The zero-order chi connectivity index (χ0) is 21.5. The molecule has 0 bridgehead atoms. The molecule has 1 fully saturated rings. The van der Waals surface area contributed by atoms with Crippen LogP contribution in [0.3, 0.4) is 0 Å². The number of thiophene rings is 1. The monoisotopic (exact) mass is 456 g/mol. The van der Waals surface area contributed by atoms with Crippen LogP contribution in [0.2, 0.25) is 5.02 Å². The first-order valence-corrected chi connectivity index (χ1v) is 11.5. The van der Waals surface area contributed by atoms with E-state index in [9.17, 15) is 9.18 Å². The number of nitrogens with one attached hydrogen (secondary N) is 1. The number of pyridine rings is 1. The lowest BCUT2D eigenvalue weighted by Gasteiger charge is -2.27. The summed E-state index contributed by atoms with van der Waals surface area (Å²) in [4.78, 5) is 23.3. The maximum Gasteiger partial charge on any atom is 0.268 e. The maximum atomic E-state index is 14.0. The molecule has 4 heterocycles.